The van der Waals surface area contributed by atoms with Crippen LogP contribution in [0.15, 0.2) is 65.8 Å². The Balaban J connectivity index is 1.42. The second-order valence-corrected chi connectivity index (χ2v) is 8.09. The number of ether oxygens (including phenoxy) is 1. The highest BCUT2D eigenvalue weighted by Gasteiger charge is 2.17. The van der Waals surface area contributed by atoms with Gasteiger partial charge in [-0.25, -0.2) is 9.97 Å². The van der Waals surface area contributed by atoms with Crippen LogP contribution in [0.1, 0.15) is 5.56 Å². The van der Waals surface area contributed by atoms with Crippen LogP contribution in [0.3, 0.4) is 0 Å². The van der Waals surface area contributed by atoms with Gasteiger partial charge in [-0.05, 0) is 43.1 Å². The van der Waals surface area contributed by atoms with Gasteiger partial charge in [-0.1, -0.05) is 42.1 Å². The van der Waals surface area contributed by atoms with E-state index in [9.17, 15) is 0 Å². The molecular formula is C23H27N5OS. The summed E-state index contributed by atoms with van der Waals surface area (Å²) in [7, 11) is 2.16. The number of likely N-dealkylation sites (N-methyl/N-ethyl adjacent to an activating group) is 1. The van der Waals surface area contributed by atoms with Crippen molar-refractivity contribution in [3.8, 4) is 5.75 Å². The first kappa shape index (κ1) is 20.5. The smallest absolute Gasteiger partial charge is 0.191 e. The van der Waals surface area contributed by atoms with E-state index in [-0.39, 0.29) is 0 Å². The standard InChI is InChI=1S/C23H27N5OS/c1-27-12-14-28(15-13-27)22-16-21(25-23(26-22)30-2)24-19-8-10-20(11-9-19)29-17-18-6-4-3-5-7-18/h3-11,16H,12-15,17H2,1-2H3,(H,24,25,26). The van der Waals surface area contributed by atoms with Crippen molar-refractivity contribution >= 4 is 29.1 Å². The first-order chi connectivity index (χ1) is 14.7. The van der Waals surface area contributed by atoms with E-state index >= 15 is 0 Å². The summed E-state index contributed by atoms with van der Waals surface area (Å²) in [5.74, 6) is 2.63. The first-order valence-electron chi connectivity index (χ1n) is 10.1. The number of anilines is 3. The van der Waals surface area contributed by atoms with Gasteiger partial charge in [-0.3, -0.25) is 0 Å². The monoisotopic (exact) mass is 421 g/mol. The Labute approximate surface area is 182 Å². The largest absolute Gasteiger partial charge is 0.489 e. The number of benzene rings is 2. The number of nitrogens with zero attached hydrogens (tertiary/aromatic N) is 4. The van der Waals surface area contributed by atoms with Crippen molar-refractivity contribution in [1.29, 1.82) is 0 Å². The highest BCUT2D eigenvalue weighted by Crippen LogP contribution is 2.25. The molecule has 156 valence electrons. The highest BCUT2D eigenvalue weighted by molar-refractivity contribution is 7.98. The van der Waals surface area contributed by atoms with E-state index in [0.717, 1.165) is 60.0 Å². The van der Waals surface area contributed by atoms with E-state index in [4.69, 9.17) is 9.72 Å². The number of piperazine rings is 1. The molecule has 7 heteroatoms. The van der Waals surface area contributed by atoms with Gasteiger partial charge >= 0.3 is 0 Å². The summed E-state index contributed by atoms with van der Waals surface area (Å²) >= 11 is 1.56. The second-order valence-electron chi connectivity index (χ2n) is 7.31. The Morgan fingerprint density at radius 1 is 0.967 bits per heavy atom. The van der Waals surface area contributed by atoms with Crippen LogP contribution in [-0.2, 0) is 6.61 Å². The zero-order valence-corrected chi connectivity index (χ0v) is 18.2. The van der Waals surface area contributed by atoms with E-state index in [2.05, 4.69) is 39.3 Å². The van der Waals surface area contributed by atoms with Crippen molar-refractivity contribution in [2.24, 2.45) is 0 Å². The van der Waals surface area contributed by atoms with Gasteiger partial charge in [0.25, 0.3) is 0 Å². The lowest BCUT2D eigenvalue weighted by Gasteiger charge is -2.33. The van der Waals surface area contributed by atoms with Crippen LogP contribution >= 0.6 is 11.8 Å². The predicted octanol–water partition coefficient (Wildman–Crippen LogP) is 4.27. The number of hydrogen-bond acceptors (Lipinski definition) is 7. The lowest BCUT2D eigenvalue weighted by molar-refractivity contribution is 0.306. The molecule has 0 radical (unpaired) electrons. The van der Waals surface area contributed by atoms with Crippen LogP contribution in [0.25, 0.3) is 0 Å². The van der Waals surface area contributed by atoms with Gasteiger partial charge in [-0.15, -0.1) is 0 Å². The quantitative estimate of drug-likeness (QED) is 0.451. The molecule has 0 bridgehead atoms. The molecule has 1 aliphatic rings. The van der Waals surface area contributed by atoms with Crippen molar-refractivity contribution in [2.45, 2.75) is 11.8 Å². The topological polar surface area (TPSA) is 53.5 Å². The molecule has 1 saturated heterocycles. The molecule has 4 rings (SSSR count). The molecule has 1 fully saturated rings. The summed E-state index contributed by atoms with van der Waals surface area (Å²) in [6.45, 7) is 4.62. The summed E-state index contributed by atoms with van der Waals surface area (Å²) < 4.78 is 5.87. The van der Waals surface area contributed by atoms with Gasteiger partial charge in [0.2, 0.25) is 0 Å². The maximum absolute atomic E-state index is 5.87. The van der Waals surface area contributed by atoms with E-state index in [1.807, 2.05) is 54.8 Å². The van der Waals surface area contributed by atoms with Crippen molar-refractivity contribution < 1.29 is 4.74 Å². The van der Waals surface area contributed by atoms with Crippen molar-refractivity contribution in [1.82, 2.24) is 14.9 Å². The molecule has 0 saturated carbocycles. The summed E-state index contributed by atoms with van der Waals surface area (Å²) in [6, 6.07) is 20.2. The lowest BCUT2D eigenvalue weighted by atomic mass is 10.2. The van der Waals surface area contributed by atoms with Crippen LogP contribution in [0, 0.1) is 0 Å². The molecule has 1 N–H and O–H groups in total. The number of nitrogens with one attached hydrogen (secondary N) is 1. The number of hydrogen-bond donors (Lipinski definition) is 1. The number of thioether (sulfide) groups is 1. The molecule has 6 nitrogen and oxygen atoms in total. The molecule has 2 heterocycles. The summed E-state index contributed by atoms with van der Waals surface area (Å²) in [5, 5.41) is 4.19. The molecule has 0 aliphatic carbocycles. The average molecular weight is 422 g/mol. The van der Waals surface area contributed by atoms with Crippen molar-refractivity contribution in [3.05, 3.63) is 66.2 Å². The fourth-order valence-corrected chi connectivity index (χ4v) is 3.66. The van der Waals surface area contributed by atoms with Crippen LogP contribution < -0.4 is 15.0 Å². The van der Waals surface area contributed by atoms with Gasteiger partial charge in [0.05, 0.1) is 0 Å². The van der Waals surface area contributed by atoms with Gasteiger partial charge in [0.1, 0.15) is 24.0 Å². The molecule has 1 aromatic heterocycles. The van der Waals surface area contributed by atoms with Gasteiger partial charge < -0.3 is 19.9 Å². The Bertz CT molecular complexity index is 944. The van der Waals surface area contributed by atoms with Gasteiger partial charge in [0, 0.05) is 37.9 Å². The first-order valence-corrected chi connectivity index (χ1v) is 11.3. The van der Waals surface area contributed by atoms with Crippen LogP contribution in [0.2, 0.25) is 0 Å². The Kier molecular flexibility index (Phi) is 6.71. The second kappa shape index (κ2) is 9.82. The highest BCUT2D eigenvalue weighted by atomic mass is 32.2. The third kappa shape index (κ3) is 5.43. The zero-order chi connectivity index (χ0) is 20.8. The average Bonchev–Trinajstić information content (AvgIpc) is 2.79. The lowest BCUT2D eigenvalue weighted by Crippen LogP contribution is -2.44. The predicted molar refractivity (Wildman–Crippen MR) is 124 cm³/mol. The zero-order valence-electron chi connectivity index (χ0n) is 17.4. The minimum atomic E-state index is 0.561. The fraction of sp³-hybridized carbons (Fsp3) is 0.304. The van der Waals surface area contributed by atoms with Gasteiger partial charge in [-0.2, -0.15) is 0 Å². The molecule has 1 aliphatic heterocycles. The van der Waals surface area contributed by atoms with Crippen LogP contribution in [0.5, 0.6) is 5.75 Å². The maximum Gasteiger partial charge on any atom is 0.191 e. The fourth-order valence-electron chi connectivity index (χ4n) is 3.29. The van der Waals surface area contributed by atoms with E-state index in [1.165, 1.54) is 0 Å². The molecule has 0 amide bonds. The van der Waals surface area contributed by atoms with E-state index < -0.39 is 0 Å². The SMILES string of the molecule is CSc1nc(Nc2ccc(OCc3ccccc3)cc2)cc(N2CCN(C)CC2)n1. The minimum Gasteiger partial charge on any atom is -0.489 e. The Morgan fingerprint density at radius 3 is 2.40 bits per heavy atom. The van der Waals surface area contributed by atoms with Crippen LogP contribution in [-0.4, -0.2) is 54.4 Å². The molecule has 0 spiro atoms. The third-order valence-electron chi connectivity index (χ3n) is 5.08. The number of rotatable bonds is 7. The molecular weight excluding hydrogens is 394 g/mol. The molecule has 30 heavy (non-hydrogen) atoms. The summed E-state index contributed by atoms with van der Waals surface area (Å²) in [5.41, 5.74) is 2.12. The molecule has 0 unspecified atom stereocenters. The van der Waals surface area contributed by atoms with E-state index in [1.54, 1.807) is 11.8 Å². The van der Waals surface area contributed by atoms with Crippen LogP contribution in [0.4, 0.5) is 17.3 Å². The number of aromatic nitrogens is 2. The summed E-state index contributed by atoms with van der Waals surface area (Å²) in [4.78, 5) is 14.0. The Hall–Kier alpha value is -2.77. The maximum atomic E-state index is 5.87. The Morgan fingerprint density at radius 2 is 1.70 bits per heavy atom. The van der Waals surface area contributed by atoms with E-state index in [0.29, 0.717) is 6.61 Å². The summed E-state index contributed by atoms with van der Waals surface area (Å²) in [6.07, 6.45) is 2.01. The van der Waals surface area contributed by atoms with Gasteiger partial charge in [0.15, 0.2) is 5.16 Å². The van der Waals surface area contributed by atoms with Crippen molar-refractivity contribution in [3.63, 3.8) is 0 Å². The third-order valence-corrected chi connectivity index (χ3v) is 5.62. The van der Waals surface area contributed by atoms with Crippen molar-refractivity contribution in [2.75, 3.05) is 49.7 Å². The molecule has 2 aromatic carbocycles. The minimum absolute atomic E-state index is 0.561. The molecule has 3 aromatic rings. The normalized spacial score (nSPS) is 14.5. The molecule has 0 atom stereocenters.